The van der Waals surface area contributed by atoms with Gasteiger partial charge in [0.25, 0.3) is 0 Å². The van der Waals surface area contributed by atoms with E-state index >= 15 is 0 Å². The van der Waals surface area contributed by atoms with Crippen molar-refractivity contribution < 1.29 is 19.0 Å². The second-order valence-electron chi connectivity index (χ2n) is 6.28. The van der Waals surface area contributed by atoms with E-state index in [9.17, 15) is 4.79 Å². The Morgan fingerprint density at radius 2 is 1.70 bits per heavy atom. The number of ether oxygens (including phenoxy) is 3. The van der Waals surface area contributed by atoms with Gasteiger partial charge in [-0.15, -0.1) is 0 Å². The Kier molecular flexibility index (Phi) is 7.24. The minimum absolute atomic E-state index is 0.394. The summed E-state index contributed by atoms with van der Waals surface area (Å²) in [4.78, 5) is 12.5. The molecule has 4 heteroatoms. The molecule has 2 aromatic carbocycles. The van der Waals surface area contributed by atoms with Crippen molar-refractivity contribution >= 4 is 18.1 Å². The number of carbonyl (C=O) groups excluding carboxylic acids is 1. The fraction of sp³-hybridized carbons (Fsp3) is 0.261. The van der Waals surface area contributed by atoms with E-state index in [-0.39, 0.29) is 0 Å². The van der Waals surface area contributed by atoms with Crippen LogP contribution in [0.15, 0.2) is 48.0 Å². The summed E-state index contributed by atoms with van der Waals surface area (Å²) in [5.41, 5.74) is 4.09. The highest BCUT2D eigenvalue weighted by Crippen LogP contribution is 2.37. The molecule has 0 spiro atoms. The molecule has 0 aliphatic carbocycles. The van der Waals surface area contributed by atoms with E-state index in [4.69, 9.17) is 14.2 Å². The molecule has 0 aliphatic heterocycles. The lowest BCUT2D eigenvalue weighted by Crippen LogP contribution is -2.10. The lowest BCUT2D eigenvalue weighted by atomic mass is 9.97. The van der Waals surface area contributed by atoms with Crippen LogP contribution in [0.4, 0.5) is 0 Å². The second kappa shape index (κ2) is 9.62. The van der Waals surface area contributed by atoms with Crippen molar-refractivity contribution in [3.8, 4) is 11.5 Å². The zero-order valence-electron chi connectivity index (χ0n) is 16.5. The van der Waals surface area contributed by atoms with Crippen molar-refractivity contribution in [1.82, 2.24) is 0 Å². The summed E-state index contributed by atoms with van der Waals surface area (Å²) in [5, 5.41) is 0. The molecule has 0 unspecified atom stereocenters. The molecule has 142 valence electrons. The first-order chi connectivity index (χ1) is 13.0. The number of allylic oxidation sites excluding steroid dienone is 2. The third-order valence-electron chi connectivity index (χ3n) is 4.16. The molecule has 0 aliphatic rings. The van der Waals surface area contributed by atoms with E-state index in [0.717, 1.165) is 11.1 Å². The molecule has 2 rings (SSSR count). The lowest BCUT2D eigenvalue weighted by molar-refractivity contribution is 0.0596. The first-order valence-electron chi connectivity index (χ1n) is 8.74. The van der Waals surface area contributed by atoms with E-state index in [1.54, 1.807) is 14.2 Å². The van der Waals surface area contributed by atoms with Gasteiger partial charge in [-0.3, -0.25) is 0 Å². The van der Waals surface area contributed by atoms with Crippen LogP contribution >= 0.6 is 0 Å². The molecule has 4 nitrogen and oxygen atoms in total. The van der Waals surface area contributed by atoms with Crippen LogP contribution in [0.25, 0.3) is 12.2 Å². The minimum Gasteiger partial charge on any atom is -0.496 e. The number of benzene rings is 2. The topological polar surface area (TPSA) is 44.8 Å². The van der Waals surface area contributed by atoms with Crippen molar-refractivity contribution in [2.24, 2.45) is 0 Å². The van der Waals surface area contributed by atoms with Crippen LogP contribution in [0, 0.1) is 0 Å². The average Bonchev–Trinajstić information content (AvgIpc) is 2.69. The third kappa shape index (κ3) is 5.00. The standard InChI is InChI=1S/C23H26O4/c1-16(2)11-14-19-20(25-3)15-18(13-12-17-9-7-6-8-10-17)21(22(19)26-4)23(24)27-5/h6-13,15H,14H2,1-5H3/b13-12+. The number of carbonyl (C=O) groups is 1. The molecule has 2 aromatic rings. The number of methoxy groups -OCH3 is 3. The van der Waals surface area contributed by atoms with E-state index in [2.05, 4.69) is 6.08 Å². The van der Waals surface area contributed by atoms with Crippen LogP contribution < -0.4 is 9.47 Å². The van der Waals surface area contributed by atoms with Gasteiger partial charge in [-0.2, -0.15) is 0 Å². The van der Waals surface area contributed by atoms with Gasteiger partial charge in [0.05, 0.1) is 21.3 Å². The van der Waals surface area contributed by atoms with Crippen molar-refractivity contribution in [1.29, 1.82) is 0 Å². The second-order valence-corrected chi connectivity index (χ2v) is 6.28. The van der Waals surface area contributed by atoms with Gasteiger partial charge in [0, 0.05) is 5.56 Å². The van der Waals surface area contributed by atoms with Crippen LogP contribution in [0.3, 0.4) is 0 Å². The summed E-state index contributed by atoms with van der Waals surface area (Å²) in [6.07, 6.45) is 6.48. The zero-order valence-corrected chi connectivity index (χ0v) is 16.5. The monoisotopic (exact) mass is 366 g/mol. The van der Waals surface area contributed by atoms with E-state index in [1.165, 1.54) is 12.7 Å². The minimum atomic E-state index is -0.444. The summed E-state index contributed by atoms with van der Waals surface area (Å²) in [6, 6.07) is 11.7. The van der Waals surface area contributed by atoms with Gasteiger partial charge in [-0.25, -0.2) is 4.79 Å². The van der Waals surface area contributed by atoms with E-state index in [0.29, 0.717) is 29.0 Å². The Bertz CT molecular complexity index is 844. The molecular formula is C23H26O4. The van der Waals surface area contributed by atoms with Crippen LogP contribution in [-0.2, 0) is 11.2 Å². The van der Waals surface area contributed by atoms with Crippen LogP contribution in [0.2, 0.25) is 0 Å². The summed E-state index contributed by atoms with van der Waals surface area (Å²) < 4.78 is 16.2. The average molecular weight is 366 g/mol. The summed E-state index contributed by atoms with van der Waals surface area (Å²) >= 11 is 0. The van der Waals surface area contributed by atoms with Gasteiger partial charge in [0.2, 0.25) is 0 Å². The normalized spacial score (nSPS) is 10.6. The highest BCUT2D eigenvalue weighted by Gasteiger charge is 2.23. The number of esters is 1. The molecule has 0 atom stereocenters. The fourth-order valence-corrected chi connectivity index (χ4v) is 2.80. The van der Waals surface area contributed by atoms with Crippen molar-refractivity contribution in [2.75, 3.05) is 21.3 Å². The van der Waals surface area contributed by atoms with Crippen LogP contribution in [-0.4, -0.2) is 27.3 Å². The number of rotatable bonds is 7. The largest absolute Gasteiger partial charge is 0.496 e. The third-order valence-corrected chi connectivity index (χ3v) is 4.16. The smallest absolute Gasteiger partial charge is 0.342 e. The first-order valence-corrected chi connectivity index (χ1v) is 8.74. The zero-order chi connectivity index (χ0) is 19.8. The lowest BCUT2D eigenvalue weighted by Gasteiger charge is -2.18. The number of hydrogen-bond acceptors (Lipinski definition) is 4. The SMILES string of the molecule is COC(=O)c1c(/C=C/c2ccccc2)cc(OC)c(CC=C(C)C)c1OC. The Morgan fingerprint density at radius 3 is 2.26 bits per heavy atom. The summed E-state index contributed by atoms with van der Waals surface area (Å²) in [5.74, 6) is 0.705. The molecule has 0 amide bonds. The van der Waals surface area contributed by atoms with Gasteiger partial charge in [-0.1, -0.05) is 54.1 Å². The summed E-state index contributed by atoms with van der Waals surface area (Å²) in [6.45, 7) is 4.05. The molecule has 0 heterocycles. The van der Waals surface area contributed by atoms with E-state index in [1.807, 2.05) is 62.4 Å². The molecule has 0 saturated carbocycles. The fourth-order valence-electron chi connectivity index (χ4n) is 2.80. The Hall–Kier alpha value is -3.01. The molecule has 0 radical (unpaired) electrons. The molecule has 0 fully saturated rings. The maximum absolute atomic E-state index is 12.5. The highest BCUT2D eigenvalue weighted by atomic mass is 16.5. The molecule has 0 N–H and O–H groups in total. The number of hydrogen-bond donors (Lipinski definition) is 0. The maximum atomic E-state index is 12.5. The van der Waals surface area contributed by atoms with Gasteiger partial charge in [0.1, 0.15) is 17.1 Å². The Labute approximate surface area is 161 Å². The molecule has 0 bridgehead atoms. The Morgan fingerprint density at radius 1 is 1.00 bits per heavy atom. The quantitative estimate of drug-likeness (QED) is 0.385. The molecular weight excluding hydrogens is 340 g/mol. The molecule has 0 saturated heterocycles. The first kappa shape index (κ1) is 20.3. The van der Waals surface area contributed by atoms with Gasteiger partial charge in [-0.05, 0) is 37.5 Å². The van der Waals surface area contributed by atoms with Crippen molar-refractivity contribution in [2.45, 2.75) is 20.3 Å². The van der Waals surface area contributed by atoms with Crippen molar-refractivity contribution in [3.63, 3.8) is 0 Å². The molecule has 27 heavy (non-hydrogen) atoms. The van der Waals surface area contributed by atoms with Gasteiger partial charge in [0.15, 0.2) is 0 Å². The van der Waals surface area contributed by atoms with Crippen LogP contribution in [0.5, 0.6) is 11.5 Å². The molecule has 0 aromatic heterocycles. The van der Waals surface area contributed by atoms with E-state index < -0.39 is 5.97 Å². The predicted octanol–water partition coefficient (Wildman–Crippen LogP) is 5.17. The predicted molar refractivity (Wildman–Crippen MR) is 109 cm³/mol. The Balaban J connectivity index is 2.66. The van der Waals surface area contributed by atoms with Gasteiger partial charge >= 0.3 is 5.97 Å². The highest BCUT2D eigenvalue weighted by molar-refractivity contribution is 5.99. The van der Waals surface area contributed by atoms with Gasteiger partial charge < -0.3 is 14.2 Å². The summed E-state index contributed by atoms with van der Waals surface area (Å²) in [7, 11) is 4.54. The maximum Gasteiger partial charge on any atom is 0.342 e. The van der Waals surface area contributed by atoms with Crippen LogP contribution in [0.1, 0.15) is 40.9 Å². The van der Waals surface area contributed by atoms with Crippen molar-refractivity contribution in [3.05, 3.63) is 70.3 Å².